The van der Waals surface area contributed by atoms with E-state index in [0.29, 0.717) is 18.0 Å². The minimum Gasteiger partial charge on any atom is -0.491 e. The van der Waals surface area contributed by atoms with Crippen LogP contribution in [-0.2, 0) is 11.3 Å². The van der Waals surface area contributed by atoms with Gasteiger partial charge in [0.15, 0.2) is 0 Å². The molecular formula is C16H18N2O3. The van der Waals surface area contributed by atoms with Crippen molar-refractivity contribution in [1.29, 1.82) is 0 Å². The highest BCUT2D eigenvalue weighted by atomic mass is 16.5. The Kier molecular flexibility index (Phi) is 5.15. The van der Waals surface area contributed by atoms with Gasteiger partial charge in [0.25, 0.3) is 5.56 Å². The molecule has 0 spiro atoms. The van der Waals surface area contributed by atoms with Crippen LogP contribution in [0, 0.1) is 0 Å². The second-order valence-corrected chi connectivity index (χ2v) is 4.56. The Bertz CT molecular complexity index is 664. The maximum absolute atomic E-state index is 12.0. The largest absolute Gasteiger partial charge is 0.491 e. The quantitative estimate of drug-likeness (QED) is 0.886. The van der Waals surface area contributed by atoms with Crippen LogP contribution >= 0.6 is 0 Å². The van der Waals surface area contributed by atoms with Crippen molar-refractivity contribution >= 4 is 11.6 Å². The molecule has 0 aliphatic heterocycles. The molecule has 0 saturated carbocycles. The van der Waals surface area contributed by atoms with E-state index in [0.717, 1.165) is 6.42 Å². The third kappa shape index (κ3) is 4.21. The zero-order valence-electron chi connectivity index (χ0n) is 11.9. The molecule has 1 aromatic carbocycles. The summed E-state index contributed by atoms with van der Waals surface area (Å²) in [7, 11) is 0. The fraction of sp³-hybridized carbons (Fsp3) is 0.250. The van der Waals surface area contributed by atoms with Crippen LogP contribution in [0.25, 0.3) is 0 Å². The molecular weight excluding hydrogens is 268 g/mol. The summed E-state index contributed by atoms with van der Waals surface area (Å²) in [5.74, 6) is 0.365. The number of aromatic nitrogens is 1. The van der Waals surface area contributed by atoms with Gasteiger partial charge in [0.1, 0.15) is 12.3 Å². The molecule has 0 unspecified atom stereocenters. The van der Waals surface area contributed by atoms with Crippen molar-refractivity contribution in [1.82, 2.24) is 4.57 Å². The number of carbonyl (C=O) groups excluding carboxylic acids is 1. The second-order valence-electron chi connectivity index (χ2n) is 4.56. The van der Waals surface area contributed by atoms with Gasteiger partial charge < -0.3 is 14.6 Å². The first-order valence-corrected chi connectivity index (χ1v) is 6.88. The van der Waals surface area contributed by atoms with E-state index in [2.05, 4.69) is 5.32 Å². The van der Waals surface area contributed by atoms with Crippen molar-refractivity contribution in [2.45, 2.75) is 19.9 Å². The first kappa shape index (κ1) is 14.8. The summed E-state index contributed by atoms with van der Waals surface area (Å²) in [4.78, 5) is 23.6. The van der Waals surface area contributed by atoms with E-state index in [-0.39, 0.29) is 18.0 Å². The van der Waals surface area contributed by atoms with Gasteiger partial charge in [0.2, 0.25) is 5.91 Å². The lowest BCUT2D eigenvalue weighted by molar-refractivity contribution is -0.116. The fourth-order valence-electron chi connectivity index (χ4n) is 1.84. The Morgan fingerprint density at radius 1 is 1.19 bits per heavy atom. The lowest BCUT2D eigenvalue weighted by Crippen LogP contribution is -2.26. The van der Waals surface area contributed by atoms with Crippen molar-refractivity contribution in [3.8, 4) is 5.75 Å². The average molecular weight is 286 g/mol. The van der Waals surface area contributed by atoms with Crippen molar-refractivity contribution in [3.63, 3.8) is 0 Å². The van der Waals surface area contributed by atoms with Crippen molar-refractivity contribution < 1.29 is 9.53 Å². The SMILES string of the molecule is CCCOc1ccccc1NC(=O)Cn1ccccc1=O. The van der Waals surface area contributed by atoms with Crippen LogP contribution in [-0.4, -0.2) is 17.1 Å². The lowest BCUT2D eigenvalue weighted by atomic mass is 10.3. The zero-order valence-corrected chi connectivity index (χ0v) is 11.9. The number of carbonyl (C=O) groups is 1. The minimum atomic E-state index is -0.268. The predicted molar refractivity (Wildman–Crippen MR) is 81.6 cm³/mol. The van der Waals surface area contributed by atoms with Crippen LogP contribution in [0.15, 0.2) is 53.5 Å². The molecule has 110 valence electrons. The molecule has 5 nitrogen and oxygen atoms in total. The molecule has 1 aromatic heterocycles. The molecule has 0 saturated heterocycles. The Morgan fingerprint density at radius 3 is 2.71 bits per heavy atom. The van der Waals surface area contributed by atoms with Crippen LogP contribution in [0.4, 0.5) is 5.69 Å². The van der Waals surface area contributed by atoms with Crippen LogP contribution in [0.5, 0.6) is 5.75 Å². The average Bonchev–Trinajstić information content (AvgIpc) is 2.49. The smallest absolute Gasteiger partial charge is 0.250 e. The summed E-state index contributed by atoms with van der Waals surface area (Å²) >= 11 is 0. The third-order valence-electron chi connectivity index (χ3n) is 2.84. The van der Waals surface area contributed by atoms with E-state index < -0.39 is 0 Å². The van der Waals surface area contributed by atoms with Crippen LogP contribution in [0.1, 0.15) is 13.3 Å². The van der Waals surface area contributed by atoms with Gasteiger partial charge in [-0.25, -0.2) is 0 Å². The molecule has 0 radical (unpaired) electrons. The highest BCUT2D eigenvalue weighted by molar-refractivity contribution is 5.92. The summed E-state index contributed by atoms with van der Waals surface area (Å²) < 4.78 is 6.93. The molecule has 5 heteroatoms. The minimum absolute atomic E-state index is 0.0260. The lowest BCUT2D eigenvalue weighted by Gasteiger charge is -2.12. The summed E-state index contributed by atoms with van der Waals surface area (Å²) in [6.07, 6.45) is 2.48. The third-order valence-corrected chi connectivity index (χ3v) is 2.84. The maximum Gasteiger partial charge on any atom is 0.250 e. The molecule has 1 N–H and O–H groups in total. The first-order valence-electron chi connectivity index (χ1n) is 6.88. The van der Waals surface area contributed by atoms with Crippen molar-refractivity contribution in [2.24, 2.45) is 0 Å². The van der Waals surface area contributed by atoms with E-state index in [1.165, 1.54) is 10.6 Å². The Labute approximate surface area is 123 Å². The monoisotopic (exact) mass is 286 g/mol. The molecule has 0 atom stereocenters. The molecule has 0 aliphatic rings. The number of rotatable bonds is 6. The number of pyridine rings is 1. The number of nitrogens with zero attached hydrogens (tertiary/aromatic N) is 1. The van der Waals surface area contributed by atoms with Gasteiger partial charge in [-0.05, 0) is 24.6 Å². The predicted octanol–water partition coefficient (Wildman–Crippen LogP) is 2.28. The molecule has 1 amide bonds. The Hall–Kier alpha value is -2.56. The van der Waals surface area contributed by atoms with Crippen LogP contribution < -0.4 is 15.6 Å². The van der Waals surface area contributed by atoms with E-state index in [1.807, 2.05) is 19.1 Å². The highest BCUT2D eigenvalue weighted by Gasteiger charge is 2.08. The van der Waals surface area contributed by atoms with E-state index in [1.54, 1.807) is 30.5 Å². The summed E-state index contributed by atoms with van der Waals surface area (Å²) in [5.41, 5.74) is 0.406. The van der Waals surface area contributed by atoms with Gasteiger partial charge in [0, 0.05) is 12.3 Å². The number of anilines is 1. The molecule has 2 rings (SSSR count). The van der Waals surface area contributed by atoms with Gasteiger partial charge >= 0.3 is 0 Å². The Balaban J connectivity index is 2.06. The maximum atomic E-state index is 12.0. The van der Waals surface area contributed by atoms with Crippen molar-refractivity contribution in [3.05, 3.63) is 59.0 Å². The molecule has 21 heavy (non-hydrogen) atoms. The highest BCUT2D eigenvalue weighted by Crippen LogP contribution is 2.23. The van der Waals surface area contributed by atoms with Crippen LogP contribution in [0.2, 0.25) is 0 Å². The van der Waals surface area contributed by atoms with Gasteiger partial charge in [0.05, 0.1) is 12.3 Å². The zero-order chi connectivity index (χ0) is 15.1. The van der Waals surface area contributed by atoms with E-state index in [9.17, 15) is 9.59 Å². The number of benzene rings is 1. The molecule has 0 fully saturated rings. The molecule has 1 heterocycles. The van der Waals surface area contributed by atoms with E-state index in [4.69, 9.17) is 4.74 Å². The standard InChI is InChI=1S/C16H18N2O3/c1-2-11-21-14-8-4-3-7-13(14)17-15(19)12-18-10-6-5-9-16(18)20/h3-10H,2,11-12H2,1H3,(H,17,19). The van der Waals surface area contributed by atoms with Gasteiger partial charge in [-0.15, -0.1) is 0 Å². The topological polar surface area (TPSA) is 60.3 Å². The molecule has 0 bridgehead atoms. The number of nitrogens with one attached hydrogen (secondary N) is 1. The summed E-state index contributed by atoms with van der Waals surface area (Å²) in [6.45, 7) is 2.58. The summed E-state index contributed by atoms with van der Waals surface area (Å²) in [6, 6.07) is 12.0. The molecule has 0 aliphatic carbocycles. The summed E-state index contributed by atoms with van der Waals surface area (Å²) in [5, 5.41) is 2.77. The van der Waals surface area contributed by atoms with Gasteiger partial charge in [-0.2, -0.15) is 0 Å². The fourth-order valence-corrected chi connectivity index (χ4v) is 1.84. The van der Waals surface area contributed by atoms with E-state index >= 15 is 0 Å². The Morgan fingerprint density at radius 2 is 1.95 bits per heavy atom. The van der Waals surface area contributed by atoms with Crippen molar-refractivity contribution in [2.75, 3.05) is 11.9 Å². The van der Waals surface area contributed by atoms with Gasteiger partial charge in [-0.3, -0.25) is 9.59 Å². The normalized spacial score (nSPS) is 10.1. The number of amides is 1. The number of hydrogen-bond donors (Lipinski definition) is 1. The second kappa shape index (κ2) is 7.28. The first-order chi connectivity index (χ1) is 10.2. The molecule has 2 aromatic rings. The van der Waals surface area contributed by atoms with Crippen LogP contribution in [0.3, 0.4) is 0 Å². The van der Waals surface area contributed by atoms with Gasteiger partial charge in [-0.1, -0.05) is 25.1 Å². The number of para-hydroxylation sites is 2. The number of hydrogen-bond acceptors (Lipinski definition) is 3. The number of ether oxygens (including phenoxy) is 1.